The third-order valence-corrected chi connectivity index (χ3v) is 6.84. The Kier molecular flexibility index (Phi) is 8.44. The molecule has 0 aromatic rings. The van der Waals surface area contributed by atoms with Crippen LogP contribution in [0.2, 0.25) is 0 Å². The fourth-order valence-corrected chi connectivity index (χ4v) is 4.86. The van der Waals surface area contributed by atoms with E-state index in [4.69, 9.17) is 23.7 Å². The maximum absolute atomic E-state index is 10.7. The van der Waals surface area contributed by atoms with Crippen LogP contribution in [0, 0.1) is 11.8 Å². The minimum Gasteiger partial charge on any atom is -0.472 e. The highest BCUT2D eigenvalue weighted by Crippen LogP contribution is 2.41. The molecule has 2 fully saturated rings. The zero-order chi connectivity index (χ0) is 25.4. The Morgan fingerprint density at radius 2 is 1.34 bits per heavy atom. The summed E-state index contributed by atoms with van der Waals surface area (Å²) in [6.07, 6.45) is -13.4. The van der Waals surface area contributed by atoms with E-state index in [2.05, 4.69) is 0 Å². The van der Waals surface area contributed by atoms with Crippen molar-refractivity contribution in [2.24, 2.45) is 11.8 Å². The van der Waals surface area contributed by atoms with Crippen LogP contribution in [-0.4, -0.2) is 140 Å². The maximum atomic E-state index is 10.7. The molecule has 35 heavy (non-hydrogen) atoms. The first-order valence-electron chi connectivity index (χ1n) is 11.3. The summed E-state index contributed by atoms with van der Waals surface area (Å²) in [4.78, 5) is 0. The summed E-state index contributed by atoms with van der Waals surface area (Å²) in [5.74, 6) is -1.04. The number of ether oxygens (including phenoxy) is 5. The molecule has 2 saturated heterocycles. The number of hydrogen-bond acceptors (Lipinski definition) is 14. The lowest BCUT2D eigenvalue weighted by Gasteiger charge is -2.46. The first kappa shape index (κ1) is 26.8. The van der Waals surface area contributed by atoms with Crippen molar-refractivity contribution in [3.05, 3.63) is 24.0 Å². The molecule has 0 aromatic carbocycles. The van der Waals surface area contributed by atoms with Crippen LogP contribution < -0.4 is 0 Å². The number of fused-ring (bicyclic) bond motifs is 1. The topological polar surface area (TPSA) is 228 Å². The van der Waals surface area contributed by atoms with Gasteiger partial charge < -0.3 is 69.6 Å². The van der Waals surface area contributed by atoms with Crippen molar-refractivity contribution < 1.29 is 69.6 Å². The summed E-state index contributed by atoms with van der Waals surface area (Å²) in [5.41, 5.74) is 0.463. The average Bonchev–Trinajstić information content (AvgIpc) is 3.20. The zero-order valence-corrected chi connectivity index (χ0v) is 18.5. The van der Waals surface area contributed by atoms with Gasteiger partial charge >= 0.3 is 0 Å². The summed E-state index contributed by atoms with van der Waals surface area (Å²) in [7, 11) is 0. The van der Waals surface area contributed by atoms with E-state index in [1.54, 1.807) is 6.08 Å². The van der Waals surface area contributed by atoms with Gasteiger partial charge in [-0.05, 0) is 11.6 Å². The SMILES string of the molecule is OCC1=CC(O)C2C=COC(OC3OC(CO)C(OC4OC(CO)C(O)C(O)C4O)C(O)C3O)C12. The van der Waals surface area contributed by atoms with Crippen molar-refractivity contribution in [2.75, 3.05) is 19.8 Å². The number of aliphatic hydroxyl groups excluding tert-OH is 9. The molecule has 4 rings (SSSR count). The molecular formula is C21H32O14. The van der Waals surface area contributed by atoms with Gasteiger partial charge in [-0.3, -0.25) is 0 Å². The van der Waals surface area contributed by atoms with Crippen molar-refractivity contribution in [3.8, 4) is 0 Å². The van der Waals surface area contributed by atoms with Gasteiger partial charge in [0.1, 0.15) is 48.8 Å². The lowest BCUT2D eigenvalue weighted by Crippen LogP contribution is -2.65. The second-order valence-electron chi connectivity index (χ2n) is 8.97. The van der Waals surface area contributed by atoms with Gasteiger partial charge in [0, 0.05) is 5.92 Å². The van der Waals surface area contributed by atoms with Crippen molar-refractivity contribution in [1.29, 1.82) is 0 Å². The molecule has 14 nitrogen and oxygen atoms in total. The van der Waals surface area contributed by atoms with Gasteiger partial charge in [-0.1, -0.05) is 6.08 Å². The van der Waals surface area contributed by atoms with Gasteiger partial charge in [-0.15, -0.1) is 0 Å². The molecule has 0 spiro atoms. The third-order valence-electron chi connectivity index (χ3n) is 6.84. The molecule has 200 valence electrons. The molecule has 14 unspecified atom stereocenters. The van der Waals surface area contributed by atoms with Gasteiger partial charge in [0.25, 0.3) is 0 Å². The van der Waals surface area contributed by atoms with Gasteiger partial charge in [-0.2, -0.15) is 0 Å². The third kappa shape index (κ3) is 5.00. The van der Waals surface area contributed by atoms with Crippen LogP contribution in [0.15, 0.2) is 24.0 Å². The highest BCUT2D eigenvalue weighted by Gasteiger charge is 2.52. The van der Waals surface area contributed by atoms with Gasteiger partial charge in [0.2, 0.25) is 6.29 Å². The zero-order valence-electron chi connectivity index (χ0n) is 18.5. The Bertz CT molecular complexity index is 773. The van der Waals surface area contributed by atoms with Gasteiger partial charge in [-0.25, -0.2) is 0 Å². The van der Waals surface area contributed by atoms with Crippen molar-refractivity contribution >= 4 is 0 Å². The lowest BCUT2D eigenvalue weighted by molar-refractivity contribution is -0.373. The monoisotopic (exact) mass is 508 g/mol. The molecule has 4 aliphatic rings. The quantitative estimate of drug-likeness (QED) is 0.147. The molecule has 0 saturated carbocycles. The smallest absolute Gasteiger partial charge is 0.209 e. The van der Waals surface area contributed by atoms with Crippen LogP contribution in [0.25, 0.3) is 0 Å². The van der Waals surface area contributed by atoms with Crippen LogP contribution in [0.4, 0.5) is 0 Å². The summed E-state index contributed by atoms with van der Waals surface area (Å²) in [5, 5.41) is 90.5. The van der Waals surface area contributed by atoms with Gasteiger partial charge in [0.05, 0.1) is 38.1 Å². The van der Waals surface area contributed by atoms with Crippen LogP contribution in [0.5, 0.6) is 0 Å². The number of rotatable bonds is 7. The Balaban J connectivity index is 1.45. The van der Waals surface area contributed by atoms with Crippen LogP contribution >= 0.6 is 0 Å². The highest BCUT2D eigenvalue weighted by atomic mass is 16.8. The second-order valence-corrected chi connectivity index (χ2v) is 8.97. The van der Waals surface area contributed by atoms with E-state index < -0.39 is 98.9 Å². The van der Waals surface area contributed by atoms with Crippen molar-refractivity contribution in [3.63, 3.8) is 0 Å². The summed E-state index contributed by atoms with van der Waals surface area (Å²) in [6, 6.07) is 0. The predicted molar refractivity (Wildman–Crippen MR) is 110 cm³/mol. The Labute approximate surface area is 199 Å². The van der Waals surface area contributed by atoms with Crippen LogP contribution in [-0.2, 0) is 23.7 Å². The molecule has 1 aliphatic carbocycles. The molecule has 9 N–H and O–H groups in total. The van der Waals surface area contributed by atoms with Crippen molar-refractivity contribution in [1.82, 2.24) is 0 Å². The molecule has 0 amide bonds. The Hall–Kier alpha value is -1.24. The largest absolute Gasteiger partial charge is 0.472 e. The molecule has 3 heterocycles. The average molecular weight is 508 g/mol. The number of hydrogen-bond donors (Lipinski definition) is 9. The second kappa shape index (κ2) is 11.0. The van der Waals surface area contributed by atoms with E-state index >= 15 is 0 Å². The van der Waals surface area contributed by atoms with Crippen LogP contribution in [0.1, 0.15) is 0 Å². The van der Waals surface area contributed by atoms with Crippen LogP contribution in [0.3, 0.4) is 0 Å². The maximum Gasteiger partial charge on any atom is 0.209 e. The molecule has 3 aliphatic heterocycles. The normalized spacial score (nSPS) is 49.9. The molecule has 0 radical (unpaired) electrons. The van der Waals surface area contributed by atoms with E-state index in [1.807, 2.05) is 0 Å². The van der Waals surface area contributed by atoms with E-state index in [0.29, 0.717) is 5.57 Å². The molecular weight excluding hydrogens is 476 g/mol. The van der Waals surface area contributed by atoms with E-state index in [-0.39, 0.29) is 6.61 Å². The van der Waals surface area contributed by atoms with Crippen molar-refractivity contribution in [2.45, 2.75) is 73.8 Å². The molecule has 14 heteroatoms. The van der Waals surface area contributed by atoms with E-state index in [9.17, 15) is 46.0 Å². The fourth-order valence-electron chi connectivity index (χ4n) is 4.86. The van der Waals surface area contributed by atoms with E-state index in [0.717, 1.165) is 0 Å². The summed E-state index contributed by atoms with van der Waals surface area (Å²) >= 11 is 0. The minimum absolute atomic E-state index is 0.361. The Morgan fingerprint density at radius 1 is 0.714 bits per heavy atom. The Morgan fingerprint density at radius 3 is 2.00 bits per heavy atom. The first-order valence-corrected chi connectivity index (χ1v) is 11.3. The standard InChI is InChI=1S/C21H32O14/c22-4-7-3-9(25)8-1-2-31-19(12(7)8)35-21-17(30)15(28)18(11(6-24)33-21)34-20-16(29)14(27)13(26)10(5-23)32-20/h1-3,8-30H,4-6H2. The van der Waals surface area contributed by atoms with Gasteiger partial charge in [0.15, 0.2) is 12.6 Å². The fraction of sp³-hybridized carbons (Fsp3) is 0.810. The molecule has 14 atom stereocenters. The summed E-state index contributed by atoms with van der Waals surface area (Å²) in [6.45, 7) is -1.78. The highest BCUT2D eigenvalue weighted by molar-refractivity contribution is 5.25. The van der Waals surface area contributed by atoms with E-state index in [1.165, 1.54) is 12.3 Å². The molecule has 0 aromatic heterocycles. The molecule has 0 bridgehead atoms. The minimum atomic E-state index is -1.78. The summed E-state index contributed by atoms with van der Waals surface area (Å²) < 4.78 is 27.6. The first-order chi connectivity index (χ1) is 16.7. The predicted octanol–water partition coefficient (Wildman–Crippen LogP) is -4.98. The number of aliphatic hydroxyl groups is 9. The lowest BCUT2D eigenvalue weighted by atomic mass is 9.88.